The van der Waals surface area contributed by atoms with Crippen LogP contribution in [-0.2, 0) is 16.0 Å². The molecule has 2 atom stereocenters. The molecule has 0 aromatic heterocycles. The molecule has 2 unspecified atom stereocenters. The quantitative estimate of drug-likeness (QED) is 0.925. The summed E-state index contributed by atoms with van der Waals surface area (Å²) in [5, 5.41) is 2.71. The molecule has 21 heavy (non-hydrogen) atoms. The summed E-state index contributed by atoms with van der Waals surface area (Å²) in [7, 11) is 0. The van der Waals surface area contributed by atoms with E-state index in [9.17, 15) is 9.59 Å². The molecule has 3 rings (SSSR count). The summed E-state index contributed by atoms with van der Waals surface area (Å²) >= 11 is 0. The molecule has 5 heteroatoms. The molecule has 5 nitrogen and oxygen atoms in total. The second kappa shape index (κ2) is 5.76. The maximum absolute atomic E-state index is 12.1. The fourth-order valence-electron chi connectivity index (χ4n) is 3.21. The van der Waals surface area contributed by atoms with Crippen LogP contribution in [0.4, 0.5) is 4.79 Å². The number of cyclic esters (lactones) is 1. The van der Waals surface area contributed by atoms with E-state index in [1.807, 2.05) is 17.0 Å². The Bertz CT molecular complexity index is 558. The van der Waals surface area contributed by atoms with Gasteiger partial charge in [0.1, 0.15) is 6.10 Å². The number of nitrogens with zero attached hydrogens (tertiary/aromatic N) is 1. The third-order valence-corrected chi connectivity index (χ3v) is 4.19. The summed E-state index contributed by atoms with van der Waals surface area (Å²) in [6, 6.07) is 8.41. The first-order valence-electron chi connectivity index (χ1n) is 7.44. The minimum atomic E-state index is -0.271. The number of rotatable bonds is 3. The normalized spacial score (nSPS) is 24.4. The lowest BCUT2D eigenvalue weighted by Gasteiger charge is -2.31. The van der Waals surface area contributed by atoms with E-state index in [1.54, 1.807) is 0 Å². The van der Waals surface area contributed by atoms with Gasteiger partial charge in [0.25, 0.3) is 0 Å². The van der Waals surface area contributed by atoms with E-state index in [-0.39, 0.29) is 24.1 Å². The number of carbonyl (C=O) groups excluding carboxylic acids is 2. The predicted octanol–water partition coefficient (Wildman–Crippen LogP) is 2.02. The molecule has 1 heterocycles. The van der Waals surface area contributed by atoms with E-state index in [1.165, 1.54) is 18.1 Å². The molecule has 1 aliphatic carbocycles. The largest absolute Gasteiger partial charge is 0.442 e. The predicted molar refractivity (Wildman–Crippen MR) is 77.8 cm³/mol. The average molecular weight is 288 g/mol. The number of benzene rings is 1. The van der Waals surface area contributed by atoms with Crippen molar-refractivity contribution in [1.82, 2.24) is 10.2 Å². The maximum Gasteiger partial charge on any atom is 0.410 e. The Morgan fingerprint density at radius 3 is 3.05 bits per heavy atom. The summed E-state index contributed by atoms with van der Waals surface area (Å²) in [6.07, 6.45) is 2.61. The van der Waals surface area contributed by atoms with Crippen molar-refractivity contribution >= 4 is 12.0 Å². The van der Waals surface area contributed by atoms with Crippen molar-refractivity contribution in [3.63, 3.8) is 0 Å². The minimum Gasteiger partial charge on any atom is -0.442 e. The molecular formula is C16H20N2O3. The van der Waals surface area contributed by atoms with Crippen molar-refractivity contribution in [2.24, 2.45) is 0 Å². The summed E-state index contributed by atoms with van der Waals surface area (Å²) in [6.45, 7) is 2.38. The molecule has 0 radical (unpaired) electrons. The number of hydrogen-bond acceptors (Lipinski definition) is 3. The van der Waals surface area contributed by atoms with Crippen LogP contribution in [0, 0.1) is 0 Å². The zero-order chi connectivity index (χ0) is 14.8. The first-order valence-corrected chi connectivity index (χ1v) is 7.44. The van der Waals surface area contributed by atoms with E-state index in [0.29, 0.717) is 13.1 Å². The lowest BCUT2D eigenvalue weighted by Crippen LogP contribution is -2.35. The van der Waals surface area contributed by atoms with E-state index >= 15 is 0 Å². The molecule has 1 fully saturated rings. The second-order valence-corrected chi connectivity index (χ2v) is 5.70. The Morgan fingerprint density at radius 2 is 2.24 bits per heavy atom. The van der Waals surface area contributed by atoms with Crippen LogP contribution in [0.5, 0.6) is 0 Å². The zero-order valence-electron chi connectivity index (χ0n) is 12.2. The number of carbonyl (C=O) groups is 2. The van der Waals surface area contributed by atoms with Gasteiger partial charge >= 0.3 is 6.09 Å². The molecule has 1 N–H and O–H groups in total. The lowest BCUT2D eigenvalue weighted by molar-refractivity contribution is -0.119. The SMILES string of the molecule is CC(=O)NCC1CN(C2CCCc3ccccc32)C(=O)O1. The highest BCUT2D eigenvalue weighted by atomic mass is 16.6. The van der Waals surface area contributed by atoms with Crippen molar-refractivity contribution in [1.29, 1.82) is 0 Å². The average Bonchev–Trinajstić information content (AvgIpc) is 2.85. The molecule has 2 amide bonds. The number of fused-ring (bicyclic) bond motifs is 1. The van der Waals surface area contributed by atoms with Gasteiger partial charge in [-0.05, 0) is 30.4 Å². The molecule has 1 aromatic rings. The van der Waals surface area contributed by atoms with Crippen LogP contribution in [0.1, 0.15) is 36.9 Å². The summed E-state index contributed by atoms with van der Waals surface area (Å²) in [4.78, 5) is 24.9. The maximum atomic E-state index is 12.1. The minimum absolute atomic E-state index is 0.102. The molecule has 0 spiro atoms. The van der Waals surface area contributed by atoms with Gasteiger partial charge in [-0.25, -0.2) is 4.79 Å². The summed E-state index contributed by atoms with van der Waals surface area (Å²) in [5.41, 5.74) is 2.56. The number of nitrogens with one attached hydrogen (secondary N) is 1. The summed E-state index contributed by atoms with van der Waals surface area (Å²) in [5.74, 6) is -0.104. The number of aryl methyl sites for hydroxylation is 1. The van der Waals surface area contributed by atoms with Crippen LogP contribution in [0.15, 0.2) is 24.3 Å². The van der Waals surface area contributed by atoms with Crippen LogP contribution in [0.25, 0.3) is 0 Å². The molecule has 112 valence electrons. The molecule has 0 saturated carbocycles. The standard InChI is InChI=1S/C16H20N2O3/c1-11(19)17-9-13-10-18(16(20)21-13)15-8-4-6-12-5-2-3-7-14(12)15/h2-3,5,7,13,15H,4,6,8-10H2,1H3,(H,17,19). The second-order valence-electron chi connectivity index (χ2n) is 5.70. The van der Waals surface area contributed by atoms with Gasteiger partial charge in [-0.3, -0.25) is 9.69 Å². The van der Waals surface area contributed by atoms with Crippen LogP contribution in [-0.4, -0.2) is 36.1 Å². The van der Waals surface area contributed by atoms with E-state index in [0.717, 1.165) is 19.3 Å². The van der Waals surface area contributed by atoms with Gasteiger partial charge in [-0.2, -0.15) is 0 Å². The lowest BCUT2D eigenvalue weighted by atomic mass is 9.87. The highest BCUT2D eigenvalue weighted by Crippen LogP contribution is 2.36. The van der Waals surface area contributed by atoms with Gasteiger partial charge in [-0.15, -0.1) is 0 Å². The summed E-state index contributed by atoms with van der Waals surface area (Å²) < 4.78 is 5.36. The van der Waals surface area contributed by atoms with Crippen LogP contribution in [0.2, 0.25) is 0 Å². The molecule has 1 aliphatic heterocycles. The highest BCUT2D eigenvalue weighted by molar-refractivity contribution is 5.73. The van der Waals surface area contributed by atoms with E-state index in [4.69, 9.17) is 4.74 Å². The number of amides is 2. The van der Waals surface area contributed by atoms with Crippen molar-refractivity contribution in [3.8, 4) is 0 Å². The first kappa shape index (κ1) is 13.9. The number of hydrogen-bond donors (Lipinski definition) is 1. The van der Waals surface area contributed by atoms with Gasteiger partial charge in [0.15, 0.2) is 0 Å². The monoisotopic (exact) mass is 288 g/mol. The fraction of sp³-hybridized carbons (Fsp3) is 0.500. The van der Waals surface area contributed by atoms with Gasteiger partial charge < -0.3 is 10.1 Å². The number of ether oxygens (including phenoxy) is 1. The van der Waals surface area contributed by atoms with Gasteiger partial charge in [0, 0.05) is 6.92 Å². The van der Waals surface area contributed by atoms with Crippen molar-refractivity contribution in [2.75, 3.05) is 13.1 Å². The van der Waals surface area contributed by atoms with Crippen LogP contribution >= 0.6 is 0 Å². The van der Waals surface area contributed by atoms with Crippen molar-refractivity contribution in [2.45, 2.75) is 38.3 Å². The van der Waals surface area contributed by atoms with Crippen molar-refractivity contribution in [3.05, 3.63) is 35.4 Å². The molecular weight excluding hydrogens is 268 g/mol. The Balaban J connectivity index is 1.73. The van der Waals surface area contributed by atoms with E-state index < -0.39 is 0 Å². The Labute approximate surface area is 124 Å². The molecule has 2 aliphatic rings. The Kier molecular flexibility index (Phi) is 3.82. The van der Waals surface area contributed by atoms with Gasteiger partial charge in [0.05, 0.1) is 19.1 Å². The highest BCUT2D eigenvalue weighted by Gasteiger charge is 2.38. The smallest absolute Gasteiger partial charge is 0.410 e. The topological polar surface area (TPSA) is 58.6 Å². The van der Waals surface area contributed by atoms with Gasteiger partial charge in [-0.1, -0.05) is 24.3 Å². The van der Waals surface area contributed by atoms with Crippen LogP contribution in [0.3, 0.4) is 0 Å². The third-order valence-electron chi connectivity index (χ3n) is 4.19. The van der Waals surface area contributed by atoms with E-state index in [2.05, 4.69) is 17.4 Å². The zero-order valence-corrected chi connectivity index (χ0v) is 12.2. The van der Waals surface area contributed by atoms with Crippen LogP contribution < -0.4 is 5.32 Å². The Hall–Kier alpha value is -2.04. The molecule has 0 bridgehead atoms. The first-order chi connectivity index (χ1) is 10.1. The fourth-order valence-corrected chi connectivity index (χ4v) is 3.21. The molecule has 1 saturated heterocycles. The Morgan fingerprint density at radius 1 is 1.43 bits per heavy atom. The van der Waals surface area contributed by atoms with Gasteiger partial charge in [0.2, 0.25) is 5.91 Å². The van der Waals surface area contributed by atoms with Crippen molar-refractivity contribution < 1.29 is 14.3 Å². The third kappa shape index (κ3) is 2.86. The molecule has 1 aromatic carbocycles.